The maximum absolute atomic E-state index is 9.39. The fourth-order valence-corrected chi connectivity index (χ4v) is 4.02. The highest BCUT2D eigenvalue weighted by molar-refractivity contribution is 14.0. The number of rotatable bonds is 11. The molecular weight excluding hydrogens is 503 g/mol. The normalized spacial score (nSPS) is 17.2. The van der Waals surface area contributed by atoms with Crippen LogP contribution >= 0.6 is 24.0 Å². The minimum Gasteiger partial charge on any atom is -0.396 e. The quantitative estimate of drug-likeness (QED) is 0.225. The molecule has 0 aromatic heterocycles. The Morgan fingerprint density at radius 1 is 1.16 bits per heavy atom. The molecule has 178 valence electrons. The van der Waals surface area contributed by atoms with E-state index in [0.717, 1.165) is 64.7 Å². The number of nitrogens with one attached hydrogen (secondary N) is 2. The zero-order valence-corrected chi connectivity index (χ0v) is 22.1. The zero-order valence-electron chi connectivity index (χ0n) is 19.8. The maximum atomic E-state index is 9.39. The van der Waals surface area contributed by atoms with Gasteiger partial charge in [-0.05, 0) is 44.1 Å². The van der Waals surface area contributed by atoms with Crippen LogP contribution < -0.4 is 10.6 Å². The fraction of sp³-hybridized carbons (Fsp3) is 0.708. The number of aliphatic imine (C=N–C) groups is 1. The second kappa shape index (κ2) is 15.8. The predicted molar refractivity (Wildman–Crippen MR) is 140 cm³/mol. The van der Waals surface area contributed by atoms with Crippen molar-refractivity contribution in [2.24, 2.45) is 16.8 Å². The smallest absolute Gasteiger partial charge is 0.191 e. The van der Waals surface area contributed by atoms with Crippen molar-refractivity contribution in [1.29, 1.82) is 0 Å². The molecule has 2 atom stereocenters. The number of ether oxygens (including phenoxy) is 1. The molecule has 1 aromatic rings. The summed E-state index contributed by atoms with van der Waals surface area (Å²) >= 11 is 0. The lowest BCUT2D eigenvalue weighted by Crippen LogP contribution is -2.46. The monoisotopic (exact) mass is 546 g/mol. The van der Waals surface area contributed by atoms with Gasteiger partial charge in [-0.3, -0.25) is 9.89 Å². The van der Waals surface area contributed by atoms with E-state index in [9.17, 15) is 5.11 Å². The summed E-state index contributed by atoms with van der Waals surface area (Å²) in [6, 6.07) is 9.13. The summed E-state index contributed by atoms with van der Waals surface area (Å²) in [5.41, 5.74) is 2.60. The van der Waals surface area contributed by atoms with Gasteiger partial charge in [-0.15, -0.1) is 24.0 Å². The van der Waals surface area contributed by atoms with Gasteiger partial charge in [-0.25, -0.2) is 0 Å². The van der Waals surface area contributed by atoms with Crippen molar-refractivity contribution in [3.05, 3.63) is 35.4 Å². The molecule has 1 aliphatic rings. The Hall–Kier alpha value is -0.900. The Bertz CT molecular complexity index is 619. The van der Waals surface area contributed by atoms with Gasteiger partial charge < -0.3 is 20.5 Å². The van der Waals surface area contributed by atoms with Gasteiger partial charge in [0.25, 0.3) is 0 Å². The van der Waals surface area contributed by atoms with E-state index < -0.39 is 0 Å². The highest BCUT2D eigenvalue weighted by Gasteiger charge is 2.23. The standard InChI is InChI=1S/C24H42N4O2.HI/c1-5-25-24(26-17-21(10-13-29)16-19(2)3)27-18-23(28-11-14-30-15-12-28)22-8-6-20(4)7-9-22;/h6-9,19,21,23,29H,5,10-18H2,1-4H3,(H2,25,26,27);1H. The van der Waals surface area contributed by atoms with E-state index in [1.54, 1.807) is 0 Å². The minimum atomic E-state index is 0. The van der Waals surface area contributed by atoms with E-state index in [1.807, 2.05) is 0 Å². The van der Waals surface area contributed by atoms with Crippen molar-refractivity contribution in [3.63, 3.8) is 0 Å². The van der Waals surface area contributed by atoms with Crippen molar-refractivity contribution < 1.29 is 9.84 Å². The van der Waals surface area contributed by atoms with E-state index in [4.69, 9.17) is 9.73 Å². The summed E-state index contributed by atoms with van der Waals surface area (Å²) in [5.74, 6) is 1.88. The van der Waals surface area contributed by atoms with E-state index in [0.29, 0.717) is 11.8 Å². The number of nitrogens with zero attached hydrogens (tertiary/aromatic N) is 2. The Kier molecular flexibility index (Phi) is 14.4. The topological polar surface area (TPSA) is 69.1 Å². The third-order valence-electron chi connectivity index (χ3n) is 5.61. The first-order chi connectivity index (χ1) is 14.5. The summed E-state index contributed by atoms with van der Waals surface area (Å²) in [5, 5.41) is 16.3. The van der Waals surface area contributed by atoms with Gasteiger partial charge in [0.15, 0.2) is 5.96 Å². The first-order valence-electron chi connectivity index (χ1n) is 11.5. The molecule has 0 radical (unpaired) electrons. The molecule has 2 unspecified atom stereocenters. The zero-order chi connectivity index (χ0) is 21.8. The summed E-state index contributed by atoms with van der Waals surface area (Å²) in [6.07, 6.45) is 1.89. The Morgan fingerprint density at radius 2 is 1.84 bits per heavy atom. The van der Waals surface area contributed by atoms with Gasteiger partial charge in [0.05, 0.1) is 19.3 Å². The molecule has 0 spiro atoms. The van der Waals surface area contributed by atoms with Crippen LogP contribution in [-0.2, 0) is 4.74 Å². The molecule has 3 N–H and O–H groups in total. The van der Waals surface area contributed by atoms with Crippen LogP contribution in [0.3, 0.4) is 0 Å². The minimum absolute atomic E-state index is 0. The maximum Gasteiger partial charge on any atom is 0.191 e. The molecule has 0 bridgehead atoms. The average molecular weight is 547 g/mol. The van der Waals surface area contributed by atoms with Gasteiger partial charge >= 0.3 is 0 Å². The van der Waals surface area contributed by atoms with Crippen molar-refractivity contribution in [2.75, 3.05) is 52.5 Å². The third kappa shape index (κ3) is 10.5. The summed E-state index contributed by atoms with van der Waals surface area (Å²) in [6.45, 7) is 14.7. The molecule has 7 heteroatoms. The van der Waals surface area contributed by atoms with Crippen LogP contribution in [0.5, 0.6) is 0 Å². The largest absolute Gasteiger partial charge is 0.396 e. The number of aryl methyl sites for hydroxylation is 1. The third-order valence-corrected chi connectivity index (χ3v) is 5.61. The molecule has 1 aromatic carbocycles. The summed E-state index contributed by atoms with van der Waals surface area (Å²) in [7, 11) is 0. The van der Waals surface area contributed by atoms with Gasteiger partial charge in [0.1, 0.15) is 0 Å². The molecule has 1 saturated heterocycles. The Labute approximate surface area is 206 Å². The molecular formula is C24H43IN4O2. The molecule has 0 aliphatic carbocycles. The lowest BCUT2D eigenvalue weighted by molar-refractivity contribution is 0.0170. The van der Waals surface area contributed by atoms with E-state index in [1.165, 1.54) is 11.1 Å². The number of aliphatic hydroxyl groups is 1. The van der Waals surface area contributed by atoms with Gasteiger partial charge in [0.2, 0.25) is 0 Å². The molecule has 6 nitrogen and oxygen atoms in total. The summed E-state index contributed by atoms with van der Waals surface area (Å²) in [4.78, 5) is 7.35. The Balaban J connectivity index is 0.00000480. The fourth-order valence-electron chi connectivity index (χ4n) is 4.02. The molecule has 1 fully saturated rings. The van der Waals surface area contributed by atoms with E-state index in [2.05, 4.69) is 67.5 Å². The van der Waals surface area contributed by atoms with Crippen LogP contribution in [0, 0.1) is 18.8 Å². The molecule has 0 amide bonds. The van der Waals surface area contributed by atoms with Gasteiger partial charge in [0, 0.05) is 39.3 Å². The number of benzene rings is 1. The lowest BCUT2D eigenvalue weighted by Gasteiger charge is -2.35. The van der Waals surface area contributed by atoms with Gasteiger partial charge in [-0.1, -0.05) is 43.7 Å². The first kappa shape index (κ1) is 28.1. The molecule has 0 saturated carbocycles. The first-order valence-corrected chi connectivity index (χ1v) is 11.5. The lowest BCUT2D eigenvalue weighted by atomic mass is 9.94. The highest BCUT2D eigenvalue weighted by Crippen LogP contribution is 2.22. The van der Waals surface area contributed by atoms with Crippen molar-refractivity contribution in [2.45, 2.75) is 46.6 Å². The van der Waals surface area contributed by atoms with Crippen molar-refractivity contribution >= 4 is 29.9 Å². The van der Waals surface area contributed by atoms with Crippen molar-refractivity contribution in [1.82, 2.24) is 15.5 Å². The number of aliphatic hydroxyl groups excluding tert-OH is 1. The number of hydrogen-bond donors (Lipinski definition) is 3. The summed E-state index contributed by atoms with van der Waals surface area (Å²) < 4.78 is 5.57. The van der Waals surface area contributed by atoms with Crippen LogP contribution in [0.2, 0.25) is 0 Å². The van der Waals surface area contributed by atoms with Crippen LogP contribution in [0.15, 0.2) is 29.3 Å². The number of hydrogen-bond acceptors (Lipinski definition) is 4. The molecule has 1 aliphatic heterocycles. The molecule has 2 rings (SSSR count). The average Bonchev–Trinajstić information content (AvgIpc) is 2.73. The molecule has 31 heavy (non-hydrogen) atoms. The predicted octanol–water partition coefficient (Wildman–Crippen LogP) is 3.59. The SMILES string of the molecule is CCNC(=NCC(CCO)CC(C)C)NCC(c1ccc(C)cc1)N1CCOCC1.I. The van der Waals surface area contributed by atoms with Crippen LogP contribution in [-0.4, -0.2) is 68.5 Å². The molecule has 1 heterocycles. The van der Waals surface area contributed by atoms with Gasteiger partial charge in [-0.2, -0.15) is 0 Å². The van der Waals surface area contributed by atoms with Crippen LogP contribution in [0.4, 0.5) is 0 Å². The van der Waals surface area contributed by atoms with E-state index >= 15 is 0 Å². The van der Waals surface area contributed by atoms with E-state index in [-0.39, 0.29) is 36.6 Å². The van der Waals surface area contributed by atoms with Crippen LogP contribution in [0.1, 0.15) is 50.8 Å². The number of morpholine rings is 1. The second-order valence-electron chi connectivity index (χ2n) is 8.68. The van der Waals surface area contributed by atoms with Crippen LogP contribution in [0.25, 0.3) is 0 Å². The number of guanidine groups is 1. The number of halogens is 1. The second-order valence-corrected chi connectivity index (χ2v) is 8.68. The highest BCUT2D eigenvalue weighted by atomic mass is 127. The Morgan fingerprint density at radius 3 is 2.42 bits per heavy atom. The van der Waals surface area contributed by atoms with Crippen molar-refractivity contribution in [3.8, 4) is 0 Å².